The van der Waals surface area contributed by atoms with Gasteiger partial charge in [-0.1, -0.05) is 60.7 Å². The van der Waals surface area contributed by atoms with E-state index in [2.05, 4.69) is 52.4 Å². The molecule has 2 N–H and O–H groups in total. The zero-order valence-corrected chi connectivity index (χ0v) is 18.7. The second-order valence-electron chi connectivity index (χ2n) is 8.90. The normalized spacial score (nSPS) is 18.1. The Labute approximate surface area is 198 Å². The van der Waals surface area contributed by atoms with Crippen LogP contribution in [0, 0.1) is 0 Å². The summed E-state index contributed by atoms with van der Waals surface area (Å²) in [6.45, 7) is 0. The first-order valence-corrected chi connectivity index (χ1v) is 11.6. The number of aromatic nitrogens is 2. The standard InChI is InChI=1S/C29H25N3O2/c30-29(15-6-16-29)23-12-10-20(11-13-23)24-19-22-14-18-32-28(33-25-9-4-5-17-31-25)27(22)34-26(24)21-7-2-1-3-8-21/h1-5,7-14,17-19,26H,6,15-16,30H2. The first-order valence-electron chi connectivity index (χ1n) is 11.6. The van der Waals surface area contributed by atoms with Crippen LogP contribution < -0.4 is 15.2 Å². The maximum absolute atomic E-state index is 6.61. The topological polar surface area (TPSA) is 70.3 Å². The SMILES string of the molecule is NC1(c2ccc(C3=Cc4ccnc(Oc5ccccn5)c4OC3c3ccccc3)cc2)CCC1. The van der Waals surface area contributed by atoms with Gasteiger partial charge in [0.05, 0.1) is 0 Å². The average Bonchev–Trinajstić information content (AvgIpc) is 2.88. The fourth-order valence-electron chi connectivity index (χ4n) is 4.63. The van der Waals surface area contributed by atoms with Gasteiger partial charge in [0.25, 0.3) is 5.88 Å². The number of hydrogen-bond acceptors (Lipinski definition) is 5. The average molecular weight is 448 g/mol. The maximum Gasteiger partial charge on any atom is 0.264 e. The van der Waals surface area contributed by atoms with Crippen molar-refractivity contribution in [3.63, 3.8) is 0 Å². The second-order valence-corrected chi connectivity index (χ2v) is 8.90. The quantitative estimate of drug-likeness (QED) is 0.390. The number of fused-ring (bicyclic) bond motifs is 1. The van der Waals surface area contributed by atoms with Gasteiger partial charge < -0.3 is 15.2 Å². The van der Waals surface area contributed by atoms with Crippen LogP contribution in [-0.4, -0.2) is 9.97 Å². The molecular formula is C29H25N3O2. The fourth-order valence-corrected chi connectivity index (χ4v) is 4.63. The molecule has 0 radical (unpaired) electrons. The third-order valence-corrected chi connectivity index (χ3v) is 6.71. The molecule has 34 heavy (non-hydrogen) atoms. The van der Waals surface area contributed by atoms with Crippen molar-refractivity contribution in [3.8, 4) is 17.5 Å². The third kappa shape index (κ3) is 3.74. The van der Waals surface area contributed by atoms with Gasteiger partial charge >= 0.3 is 0 Å². The van der Waals surface area contributed by atoms with E-state index in [-0.39, 0.29) is 11.6 Å². The van der Waals surface area contributed by atoms with Crippen LogP contribution in [0.2, 0.25) is 0 Å². The minimum atomic E-state index is -0.301. The summed E-state index contributed by atoms with van der Waals surface area (Å²) < 4.78 is 12.6. The van der Waals surface area contributed by atoms with Crippen LogP contribution in [0.25, 0.3) is 11.6 Å². The van der Waals surface area contributed by atoms with Crippen LogP contribution in [0.1, 0.15) is 47.6 Å². The minimum Gasteiger partial charge on any atom is -0.475 e. The monoisotopic (exact) mass is 447 g/mol. The molecular weight excluding hydrogens is 422 g/mol. The number of hydrogen-bond donors (Lipinski definition) is 1. The molecule has 0 bridgehead atoms. The number of nitrogens with zero attached hydrogens (tertiary/aromatic N) is 2. The van der Waals surface area contributed by atoms with E-state index in [9.17, 15) is 0 Å². The Balaban J connectivity index is 1.42. The van der Waals surface area contributed by atoms with Crippen LogP contribution in [0.5, 0.6) is 17.5 Å². The van der Waals surface area contributed by atoms with Crippen molar-refractivity contribution in [2.75, 3.05) is 0 Å². The van der Waals surface area contributed by atoms with Gasteiger partial charge in [-0.25, -0.2) is 9.97 Å². The van der Waals surface area contributed by atoms with Crippen LogP contribution in [0.4, 0.5) is 0 Å². The molecule has 1 atom stereocenters. The van der Waals surface area contributed by atoms with Crippen LogP contribution >= 0.6 is 0 Å². The minimum absolute atomic E-state index is 0.176. The Hall–Kier alpha value is -3.96. The fraction of sp³-hybridized carbons (Fsp3) is 0.172. The molecule has 0 saturated heterocycles. The van der Waals surface area contributed by atoms with E-state index in [1.807, 2.05) is 36.4 Å². The smallest absolute Gasteiger partial charge is 0.264 e. The van der Waals surface area contributed by atoms with Crippen LogP contribution in [0.3, 0.4) is 0 Å². The van der Waals surface area contributed by atoms with Gasteiger partial charge in [-0.3, -0.25) is 0 Å². The summed E-state index contributed by atoms with van der Waals surface area (Å²) in [5.41, 5.74) is 11.7. The summed E-state index contributed by atoms with van der Waals surface area (Å²) in [4.78, 5) is 8.70. The third-order valence-electron chi connectivity index (χ3n) is 6.71. The summed E-state index contributed by atoms with van der Waals surface area (Å²) in [5, 5.41) is 0. The molecule has 4 aromatic rings. The van der Waals surface area contributed by atoms with Gasteiger partial charge in [0.1, 0.15) is 6.10 Å². The van der Waals surface area contributed by atoms with E-state index in [0.29, 0.717) is 17.5 Å². The first-order chi connectivity index (χ1) is 16.7. The number of ether oxygens (including phenoxy) is 2. The molecule has 1 unspecified atom stereocenters. The number of rotatable bonds is 5. The summed E-state index contributed by atoms with van der Waals surface area (Å²) in [7, 11) is 0. The van der Waals surface area contributed by atoms with Crippen molar-refractivity contribution in [1.29, 1.82) is 0 Å². The van der Waals surface area contributed by atoms with Crippen LogP contribution in [0.15, 0.2) is 91.3 Å². The zero-order valence-electron chi connectivity index (χ0n) is 18.7. The Kier molecular flexibility index (Phi) is 5.12. The van der Waals surface area contributed by atoms with Gasteiger partial charge in [0, 0.05) is 35.1 Å². The van der Waals surface area contributed by atoms with E-state index in [4.69, 9.17) is 15.2 Å². The van der Waals surface area contributed by atoms with Gasteiger partial charge in [-0.05, 0) is 54.2 Å². The molecule has 2 aromatic carbocycles. The molecule has 6 rings (SSSR count). The van der Waals surface area contributed by atoms with E-state index in [1.54, 1.807) is 18.5 Å². The largest absolute Gasteiger partial charge is 0.475 e. The van der Waals surface area contributed by atoms with Gasteiger partial charge in [-0.2, -0.15) is 0 Å². The molecule has 1 saturated carbocycles. The van der Waals surface area contributed by atoms with Gasteiger partial charge in [0.15, 0.2) is 5.75 Å². The van der Waals surface area contributed by atoms with Crippen LogP contribution in [-0.2, 0) is 5.54 Å². The first kappa shape index (κ1) is 20.6. The maximum atomic E-state index is 6.61. The highest BCUT2D eigenvalue weighted by atomic mass is 16.5. The van der Waals surface area contributed by atoms with E-state index < -0.39 is 0 Å². The number of pyridine rings is 2. The molecule has 0 spiro atoms. The van der Waals surface area contributed by atoms with Gasteiger partial charge in [-0.15, -0.1) is 0 Å². The Morgan fingerprint density at radius 2 is 1.65 bits per heavy atom. The lowest BCUT2D eigenvalue weighted by Crippen LogP contribution is -2.43. The van der Waals surface area contributed by atoms with E-state index in [0.717, 1.165) is 35.1 Å². The van der Waals surface area contributed by atoms with Crippen molar-refractivity contribution >= 4 is 11.6 Å². The zero-order chi connectivity index (χ0) is 23.0. The summed E-state index contributed by atoms with van der Waals surface area (Å²) in [6, 6.07) is 26.3. The molecule has 5 nitrogen and oxygen atoms in total. The molecule has 168 valence electrons. The van der Waals surface area contributed by atoms with E-state index >= 15 is 0 Å². The Morgan fingerprint density at radius 1 is 0.853 bits per heavy atom. The second kappa shape index (κ2) is 8.43. The Bertz CT molecular complexity index is 1330. The molecule has 1 fully saturated rings. The lowest BCUT2D eigenvalue weighted by molar-refractivity contribution is 0.246. The molecule has 1 aliphatic heterocycles. The van der Waals surface area contributed by atoms with Crippen molar-refractivity contribution < 1.29 is 9.47 Å². The summed E-state index contributed by atoms with van der Waals surface area (Å²) in [5.74, 6) is 1.48. The highest BCUT2D eigenvalue weighted by Crippen LogP contribution is 2.46. The predicted molar refractivity (Wildman–Crippen MR) is 132 cm³/mol. The molecule has 3 heterocycles. The summed E-state index contributed by atoms with van der Waals surface area (Å²) in [6.07, 6.45) is 8.57. The van der Waals surface area contributed by atoms with Crippen molar-refractivity contribution in [1.82, 2.24) is 9.97 Å². The molecule has 1 aliphatic carbocycles. The number of benzene rings is 2. The molecule has 0 amide bonds. The predicted octanol–water partition coefficient (Wildman–Crippen LogP) is 6.28. The summed E-state index contributed by atoms with van der Waals surface area (Å²) >= 11 is 0. The molecule has 5 heteroatoms. The van der Waals surface area contributed by atoms with Crippen molar-refractivity contribution in [3.05, 3.63) is 114 Å². The lowest BCUT2D eigenvalue weighted by Gasteiger charge is -2.38. The molecule has 2 aromatic heterocycles. The highest BCUT2D eigenvalue weighted by molar-refractivity contribution is 5.88. The molecule has 2 aliphatic rings. The Morgan fingerprint density at radius 3 is 2.35 bits per heavy atom. The van der Waals surface area contributed by atoms with Crippen molar-refractivity contribution in [2.45, 2.75) is 30.9 Å². The number of nitrogens with two attached hydrogens (primary N) is 1. The van der Waals surface area contributed by atoms with Gasteiger partial charge in [0.2, 0.25) is 5.88 Å². The lowest BCUT2D eigenvalue weighted by atomic mass is 9.72. The highest BCUT2D eigenvalue weighted by Gasteiger charge is 2.34. The van der Waals surface area contributed by atoms with E-state index in [1.165, 1.54) is 12.0 Å². The van der Waals surface area contributed by atoms with Crippen molar-refractivity contribution in [2.24, 2.45) is 5.73 Å².